The van der Waals surface area contributed by atoms with E-state index in [9.17, 15) is 8.42 Å². The molecule has 0 fully saturated rings. The van der Waals surface area contributed by atoms with Crippen molar-refractivity contribution in [2.24, 2.45) is 0 Å². The van der Waals surface area contributed by atoms with Gasteiger partial charge in [-0.1, -0.05) is 0 Å². The Labute approximate surface area is 74.8 Å². The van der Waals surface area contributed by atoms with E-state index in [1.54, 1.807) is 6.92 Å². The van der Waals surface area contributed by atoms with E-state index >= 15 is 0 Å². The summed E-state index contributed by atoms with van der Waals surface area (Å²) < 4.78 is 22.1. The van der Waals surface area contributed by atoms with E-state index < -0.39 is 15.9 Å². The summed E-state index contributed by atoms with van der Waals surface area (Å²) in [4.78, 5) is 3.77. The van der Waals surface area contributed by atoms with Crippen LogP contribution in [-0.2, 0) is 9.84 Å². The van der Waals surface area contributed by atoms with Crippen LogP contribution in [0, 0.1) is 0 Å². The Morgan fingerprint density at radius 1 is 1.67 bits per heavy atom. The van der Waals surface area contributed by atoms with Gasteiger partial charge in [0.15, 0.2) is 9.84 Å². The summed E-state index contributed by atoms with van der Waals surface area (Å²) in [6.45, 7) is 1.55. The first-order chi connectivity index (χ1) is 5.41. The first-order valence-electron chi connectivity index (χ1n) is 3.25. The van der Waals surface area contributed by atoms with E-state index in [1.807, 2.05) is 0 Å². The van der Waals surface area contributed by atoms with Crippen molar-refractivity contribution in [2.75, 3.05) is 6.26 Å². The Morgan fingerprint density at radius 2 is 2.25 bits per heavy atom. The van der Waals surface area contributed by atoms with Gasteiger partial charge in [0.1, 0.15) is 15.3 Å². The van der Waals surface area contributed by atoms with Crippen molar-refractivity contribution in [3.05, 3.63) is 11.2 Å². The van der Waals surface area contributed by atoms with Gasteiger partial charge >= 0.3 is 0 Å². The van der Waals surface area contributed by atoms with Crippen LogP contribution in [0.15, 0.2) is 10.4 Å². The van der Waals surface area contributed by atoms with Crippen molar-refractivity contribution in [3.8, 4) is 0 Å². The molecule has 4 nitrogen and oxygen atoms in total. The van der Waals surface area contributed by atoms with Gasteiger partial charge in [0.05, 0.1) is 6.20 Å². The molecule has 1 aromatic rings. The maximum atomic E-state index is 11.0. The first kappa shape index (κ1) is 9.63. The van der Waals surface area contributed by atoms with E-state index in [0.717, 1.165) is 17.6 Å². The summed E-state index contributed by atoms with van der Waals surface area (Å²) in [7, 11) is -3.17. The molecule has 1 heterocycles. The molecule has 0 amide bonds. The summed E-state index contributed by atoms with van der Waals surface area (Å²) in [5.74, 6) is 0. The van der Waals surface area contributed by atoms with Gasteiger partial charge < -0.3 is 5.11 Å². The monoisotopic (exact) mass is 207 g/mol. The third kappa shape index (κ3) is 2.02. The summed E-state index contributed by atoms with van der Waals surface area (Å²) in [6, 6.07) is 0. The van der Waals surface area contributed by atoms with Crippen LogP contribution in [0.4, 0.5) is 0 Å². The highest BCUT2D eigenvalue weighted by Gasteiger charge is 2.13. The molecule has 0 radical (unpaired) electrons. The Kier molecular flexibility index (Phi) is 2.50. The van der Waals surface area contributed by atoms with Crippen molar-refractivity contribution < 1.29 is 13.5 Å². The van der Waals surface area contributed by atoms with Crippen LogP contribution < -0.4 is 0 Å². The molecule has 0 saturated heterocycles. The van der Waals surface area contributed by atoms with Crippen LogP contribution in [0.5, 0.6) is 0 Å². The fourth-order valence-corrected chi connectivity index (χ4v) is 2.33. The molecule has 6 heteroatoms. The quantitative estimate of drug-likeness (QED) is 0.771. The Hall–Kier alpha value is -0.460. The highest BCUT2D eigenvalue weighted by molar-refractivity contribution is 7.92. The minimum atomic E-state index is -3.17. The number of aliphatic hydroxyl groups excluding tert-OH is 1. The molecule has 1 atom stereocenters. The fraction of sp³-hybridized carbons (Fsp3) is 0.500. The third-order valence-corrected chi connectivity index (χ3v) is 4.18. The van der Waals surface area contributed by atoms with Gasteiger partial charge in [-0.2, -0.15) is 0 Å². The van der Waals surface area contributed by atoms with E-state index in [0.29, 0.717) is 5.01 Å². The number of sulfone groups is 1. The molecular formula is C6H9NO3S2. The number of hydrogen-bond acceptors (Lipinski definition) is 5. The Balaban J connectivity index is 3.09. The van der Waals surface area contributed by atoms with Crippen LogP contribution in [0.25, 0.3) is 0 Å². The largest absolute Gasteiger partial charge is 0.386 e. The average molecular weight is 207 g/mol. The number of rotatable bonds is 2. The third-order valence-electron chi connectivity index (χ3n) is 1.23. The zero-order valence-corrected chi connectivity index (χ0v) is 8.32. The number of hydrogen-bond donors (Lipinski definition) is 1. The smallest absolute Gasteiger partial charge is 0.186 e. The molecule has 0 aliphatic rings. The SMILES string of the molecule is CC(O)c1ncc(S(C)(=O)=O)s1. The molecule has 0 aliphatic carbocycles. The van der Waals surface area contributed by atoms with Gasteiger partial charge in [-0.3, -0.25) is 0 Å². The second-order valence-corrected chi connectivity index (χ2v) is 5.77. The van der Waals surface area contributed by atoms with E-state index in [2.05, 4.69) is 4.98 Å². The molecular weight excluding hydrogens is 198 g/mol. The van der Waals surface area contributed by atoms with Crippen LogP contribution in [0.2, 0.25) is 0 Å². The second-order valence-electron chi connectivity index (χ2n) is 2.47. The van der Waals surface area contributed by atoms with Crippen molar-refractivity contribution in [1.29, 1.82) is 0 Å². The molecule has 1 rings (SSSR count). The summed E-state index contributed by atoms with van der Waals surface area (Å²) in [5, 5.41) is 9.48. The maximum Gasteiger partial charge on any atom is 0.186 e. The molecule has 68 valence electrons. The molecule has 0 bridgehead atoms. The van der Waals surface area contributed by atoms with Crippen LogP contribution in [0.1, 0.15) is 18.0 Å². The lowest BCUT2D eigenvalue weighted by Crippen LogP contribution is -1.92. The molecule has 1 N–H and O–H groups in total. The standard InChI is InChI=1S/C6H9NO3S2/c1-4(8)6-7-3-5(11-6)12(2,9)10/h3-4,8H,1-2H3. The highest BCUT2D eigenvalue weighted by Crippen LogP contribution is 2.22. The van der Waals surface area contributed by atoms with Gasteiger partial charge in [-0.25, -0.2) is 13.4 Å². The van der Waals surface area contributed by atoms with Gasteiger partial charge in [0, 0.05) is 6.26 Å². The van der Waals surface area contributed by atoms with Gasteiger partial charge in [-0.05, 0) is 6.92 Å². The molecule has 0 aromatic carbocycles. The number of aliphatic hydroxyl groups is 1. The fourth-order valence-electron chi connectivity index (χ4n) is 0.637. The van der Waals surface area contributed by atoms with E-state index in [4.69, 9.17) is 5.11 Å². The van der Waals surface area contributed by atoms with Gasteiger partial charge in [0.2, 0.25) is 0 Å². The van der Waals surface area contributed by atoms with E-state index in [-0.39, 0.29) is 4.21 Å². The minimum absolute atomic E-state index is 0.193. The molecule has 0 spiro atoms. The predicted octanol–water partition coefficient (Wildman–Crippen LogP) is 0.600. The number of nitrogens with zero attached hydrogens (tertiary/aromatic N) is 1. The lowest BCUT2D eigenvalue weighted by Gasteiger charge is -1.94. The van der Waals surface area contributed by atoms with Crippen LogP contribution in [-0.4, -0.2) is 24.8 Å². The van der Waals surface area contributed by atoms with Crippen LogP contribution >= 0.6 is 11.3 Å². The Bertz CT molecular complexity index is 366. The Morgan fingerprint density at radius 3 is 2.50 bits per heavy atom. The number of thiazole rings is 1. The predicted molar refractivity (Wildman–Crippen MR) is 45.9 cm³/mol. The molecule has 12 heavy (non-hydrogen) atoms. The summed E-state index contributed by atoms with van der Waals surface area (Å²) >= 11 is 0.999. The topological polar surface area (TPSA) is 67.3 Å². The van der Waals surface area contributed by atoms with Crippen molar-refractivity contribution in [2.45, 2.75) is 17.2 Å². The summed E-state index contributed by atoms with van der Waals surface area (Å²) in [6.07, 6.45) is 1.68. The zero-order chi connectivity index (χ0) is 9.35. The van der Waals surface area contributed by atoms with Crippen molar-refractivity contribution >= 4 is 21.2 Å². The zero-order valence-electron chi connectivity index (χ0n) is 6.68. The normalized spacial score (nSPS) is 14.6. The first-order valence-corrected chi connectivity index (χ1v) is 5.96. The maximum absolute atomic E-state index is 11.0. The average Bonchev–Trinajstić information content (AvgIpc) is 2.30. The second kappa shape index (κ2) is 3.12. The van der Waals surface area contributed by atoms with Crippen molar-refractivity contribution in [1.82, 2.24) is 4.98 Å². The molecule has 1 unspecified atom stereocenters. The van der Waals surface area contributed by atoms with Gasteiger partial charge in [-0.15, -0.1) is 11.3 Å². The molecule has 0 aliphatic heterocycles. The highest BCUT2D eigenvalue weighted by atomic mass is 32.2. The minimum Gasteiger partial charge on any atom is -0.386 e. The molecule has 1 aromatic heterocycles. The van der Waals surface area contributed by atoms with E-state index in [1.165, 1.54) is 6.20 Å². The van der Waals surface area contributed by atoms with Gasteiger partial charge in [0.25, 0.3) is 0 Å². The van der Waals surface area contributed by atoms with Crippen molar-refractivity contribution in [3.63, 3.8) is 0 Å². The number of aromatic nitrogens is 1. The lowest BCUT2D eigenvalue weighted by molar-refractivity contribution is 0.199. The lowest BCUT2D eigenvalue weighted by atomic mass is 10.4. The summed E-state index contributed by atoms with van der Waals surface area (Å²) in [5.41, 5.74) is 0. The molecule has 0 saturated carbocycles. The van der Waals surface area contributed by atoms with Crippen LogP contribution in [0.3, 0.4) is 0 Å².